The summed E-state index contributed by atoms with van der Waals surface area (Å²) < 4.78 is 5.11. The SMILES string of the molecule is O=C(OCC1c2ccccc2-c2ccccc21)PO. The lowest BCUT2D eigenvalue weighted by Crippen LogP contribution is -2.08. The van der Waals surface area contributed by atoms with Crippen LogP contribution in [-0.2, 0) is 4.74 Å². The molecule has 0 aromatic heterocycles. The van der Waals surface area contributed by atoms with Crippen molar-refractivity contribution in [2.24, 2.45) is 0 Å². The van der Waals surface area contributed by atoms with E-state index >= 15 is 0 Å². The lowest BCUT2D eigenvalue weighted by molar-refractivity contribution is 0.169. The molecule has 0 radical (unpaired) electrons. The number of hydrogen-bond donors (Lipinski definition) is 1. The molecule has 0 heterocycles. The van der Waals surface area contributed by atoms with Gasteiger partial charge in [0.1, 0.15) is 15.4 Å². The van der Waals surface area contributed by atoms with E-state index in [0.717, 1.165) is 0 Å². The van der Waals surface area contributed by atoms with E-state index in [0.29, 0.717) is 0 Å². The van der Waals surface area contributed by atoms with Crippen molar-refractivity contribution in [3.63, 3.8) is 0 Å². The molecule has 1 unspecified atom stereocenters. The van der Waals surface area contributed by atoms with E-state index in [4.69, 9.17) is 9.63 Å². The van der Waals surface area contributed by atoms with Gasteiger partial charge in [0.05, 0.1) is 0 Å². The second-order valence-corrected chi connectivity index (χ2v) is 5.07. The second-order valence-electron chi connectivity index (χ2n) is 4.44. The summed E-state index contributed by atoms with van der Waals surface area (Å²) in [6.45, 7) is 0.278. The van der Waals surface area contributed by atoms with Crippen LogP contribution in [-0.4, -0.2) is 17.2 Å². The maximum Gasteiger partial charge on any atom is 0.350 e. The molecule has 19 heavy (non-hydrogen) atoms. The maximum atomic E-state index is 11.1. The van der Waals surface area contributed by atoms with Crippen LogP contribution in [0.4, 0.5) is 4.79 Å². The molecule has 0 bridgehead atoms. The van der Waals surface area contributed by atoms with Gasteiger partial charge in [-0.1, -0.05) is 48.5 Å². The first kappa shape index (κ1) is 12.3. The Hall–Kier alpha value is -1.70. The lowest BCUT2D eigenvalue weighted by atomic mass is 9.98. The third-order valence-electron chi connectivity index (χ3n) is 3.43. The van der Waals surface area contributed by atoms with Crippen molar-refractivity contribution in [1.29, 1.82) is 0 Å². The van der Waals surface area contributed by atoms with E-state index in [1.807, 2.05) is 24.3 Å². The predicted octanol–water partition coefficient (Wildman–Crippen LogP) is 3.52. The predicted molar refractivity (Wildman–Crippen MR) is 75.6 cm³/mol. The Morgan fingerprint density at radius 3 is 2.11 bits per heavy atom. The zero-order valence-corrected chi connectivity index (χ0v) is 11.2. The molecule has 0 saturated carbocycles. The monoisotopic (exact) mass is 272 g/mol. The van der Waals surface area contributed by atoms with Crippen molar-refractivity contribution in [1.82, 2.24) is 0 Å². The minimum Gasteiger partial charge on any atom is -0.460 e. The molecule has 1 N–H and O–H groups in total. The van der Waals surface area contributed by atoms with Gasteiger partial charge in [-0.25, -0.2) is 4.79 Å². The fourth-order valence-electron chi connectivity index (χ4n) is 2.63. The van der Waals surface area contributed by atoms with Crippen LogP contribution in [0.25, 0.3) is 11.1 Å². The molecule has 3 rings (SSSR count). The third-order valence-corrected chi connectivity index (χ3v) is 3.76. The van der Waals surface area contributed by atoms with Crippen LogP contribution in [0, 0.1) is 0 Å². The molecular weight excluding hydrogens is 259 g/mol. The minimum atomic E-state index is -0.801. The topological polar surface area (TPSA) is 46.5 Å². The molecular formula is C15H13O3P. The Morgan fingerprint density at radius 2 is 1.58 bits per heavy atom. The van der Waals surface area contributed by atoms with Gasteiger partial charge < -0.3 is 9.63 Å². The van der Waals surface area contributed by atoms with Gasteiger partial charge in [-0.05, 0) is 22.3 Å². The van der Waals surface area contributed by atoms with Crippen molar-refractivity contribution in [3.05, 3.63) is 59.7 Å². The van der Waals surface area contributed by atoms with Crippen LogP contribution >= 0.6 is 8.81 Å². The lowest BCUT2D eigenvalue weighted by Gasteiger charge is -2.13. The Kier molecular flexibility index (Phi) is 3.33. The van der Waals surface area contributed by atoms with Gasteiger partial charge in [0.2, 0.25) is 0 Å². The largest absolute Gasteiger partial charge is 0.460 e. The zero-order chi connectivity index (χ0) is 13.2. The first-order valence-electron chi connectivity index (χ1n) is 6.06. The van der Waals surface area contributed by atoms with Crippen molar-refractivity contribution >= 4 is 14.5 Å². The number of benzene rings is 2. The van der Waals surface area contributed by atoms with E-state index in [-0.39, 0.29) is 12.5 Å². The maximum absolute atomic E-state index is 11.1. The van der Waals surface area contributed by atoms with Crippen LogP contribution in [0.15, 0.2) is 48.5 Å². The Morgan fingerprint density at radius 1 is 1.05 bits per heavy atom. The number of ether oxygens (including phenoxy) is 1. The average molecular weight is 272 g/mol. The highest BCUT2D eigenvalue weighted by Gasteiger charge is 2.28. The van der Waals surface area contributed by atoms with Gasteiger partial charge in [-0.2, -0.15) is 0 Å². The normalized spacial score (nSPS) is 13.5. The Bertz CT molecular complexity index is 579. The Balaban J connectivity index is 1.98. The number of rotatable bonds is 3. The van der Waals surface area contributed by atoms with Crippen molar-refractivity contribution < 1.29 is 14.4 Å². The molecule has 4 heteroatoms. The molecule has 0 amide bonds. The summed E-state index contributed by atoms with van der Waals surface area (Å²) in [7, 11) is -0.801. The second kappa shape index (κ2) is 5.12. The van der Waals surface area contributed by atoms with Crippen LogP contribution < -0.4 is 0 Å². The minimum absolute atomic E-state index is 0.0627. The average Bonchev–Trinajstić information content (AvgIpc) is 2.79. The van der Waals surface area contributed by atoms with E-state index in [1.54, 1.807) is 0 Å². The summed E-state index contributed by atoms with van der Waals surface area (Å²) in [6.07, 6.45) is 0. The molecule has 1 aliphatic carbocycles. The van der Waals surface area contributed by atoms with Crippen molar-refractivity contribution in [2.75, 3.05) is 6.61 Å². The van der Waals surface area contributed by atoms with Crippen LogP contribution in [0.1, 0.15) is 17.0 Å². The fourth-order valence-corrected chi connectivity index (χ4v) is 2.78. The fraction of sp³-hybridized carbons (Fsp3) is 0.133. The Labute approximate surface area is 113 Å². The quantitative estimate of drug-likeness (QED) is 0.869. The van der Waals surface area contributed by atoms with Gasteiger partial charge in [0.15, 0.2) is 0 Å². The van der Waals surface area contributed by atoms with Crippen molar-refractivity contribution in [2.45, 2.75) is 5.92 Å². The number of carbonyl (C=O) groups excluding carboxylic acids is 1. The summed E-state index contributed by atoms with van der Waals surface area (Å²) in [5, 5.41) is 0. The van der Waals surface area contributed by atoms with E-state index < -0.39 is 14.5 Å². The molecule has 1 atom stereocenters. The molecule has 0 fully saturated rings. The number of hydrogen-bond acceptors (Lipinski definition) is 3. The summed E-state index contributed by atoms with van der Waals surface area (Å²) in [5.74, 6) is 0.0627. The highest BCUT2D eigenvalue weighted by atomic mass is 31.1. The summed E-state index contributed by atoms with van der Waals surface area (Å²) >= 11 is 0. The summed E-state index contributed by atoms with van der Waals surface area (Å²) in [6, 6.07) is 16.3. The van der Waals surface area contributed by atoms with E-state index in [9.17, 15) is 4.79 Å². The first-order valence-corrected chi connectivity index (χ1v) is 7.01. The van der Waals surface area contributed by atoms with Gasteiger partial charge in [-0.3, -0.25) is 0 Å². The van der Waals surface area contributed by atoms with Crippen LogP contribution in [0.5, 0.6) is 0 Å². The van der Waals surface area contributed by atoms with Gasteiger partial charge in [0.25, 0.3) is 0 Å². The highest BCUT2D eigenvalue weighted by molar-refractivity contribution is 7.51. The third kappa shape index (κ3) is 2.16. The molecule has 0 aliphatic heterocycles. The molecule has 96 valence electrons. The molecule has 0 spiro atoms. The summed E-state index contributed by atoms with van der Waals surface area (Å²) in [4.78, 5) is 19.9. The molecule has 3 nitrogen and oxygen atoms in total. The number of fused-ring (bicyclic) bond motifs is 3. The zero-order valence-electron chi connectivity index (χ0n) is 10.2. The standard InChI is InChI=1S/C15H13O3P/c16-15(19-17)18-9-14-12-7-3-1-5-10(12)11-6-2-4-8-13(11)14/h1-8,14,17,19H,9H2. The van der Waals surface area contributed by atoms with E-state index in [1.165, 1.54) is 22.3 Å². The smallest absolute Gasteiger partial charge is 0.350 e. The molecule has 2 aromatic carbocycles. The van der Waals surface area contributed by atoms with E-state index in [2.05, 4.69) is 24.3 Å². The van der Waals surface area contributed by atoms with Crippen molar-refractivity contribution in [3.8, 4) is 11.1 Å². The molecule has 1 aliphatic rings. The van der Waals surface area contributed by atoms with Crippen LogP contribution in [0.2, 0.25) is 0 Å². The molecule has 0 saturated heterocycles. The van der Waals surface area contributed by atoms with Gasteiger partial charge in [0, 0.05) is 5.92 Å². The highest BCUT2D eigenvalue weighted by Crippen LogP contribution is 2.44. The first-order chi connectivity index (χ1) is 9.31. The van der Waals surface area contributed by atoms with Gasteiger partial charge >= 0.3 is 5.71 Å². The number of carbonyl (C=O) groups is 1. The van der Waals surface area contributed by atoms with Gasteiger partial charge in [-0.15, -0.1) is 0 Å². The molecule has 2 aromatic rings. The van der Waals surface area contributed by atoms with Crippen LogP contribution in [0.3, 0.4) is 0 Å². The summed E-state index contributed by atoms with van der Waals surface area (Å²) in [5.41, 5.74) is 4.20.